The minimum atomic E-state index is -0.196. The average Bonchev–Trinajstić information content (AvgIpc) is 2.84. The Morgan fingerprint density at radius 1 is 0.783 bits per heavy atom. The topological polar surface area (TPSA) is 37.4 Å². The number of fused-ring (bicyclic) bond motifs is 1. The molecule has 114 valence electrons. The number of carbonyl (C=O) groups is 2. The molecule has 1 heterocycles. The summed E-state index contributed by atoms with van der Waals surface area (Å²) in [5.74, 6) is -0.391. The third-order valence-electron chi connectivity index (χ3n) is 3.73. The summed E-state index contributed by atoms with van der Waals surface area (Å²) in [7, 11) is 0. The predicted octanol–water partition coefficient (Wildman–Crippen LogP) is 3.94. The van der Waals surface area contributed by atoms with Crippen molar-refractivity contribution >= 4 is 17.9 Å². The molecule has 2 aromatic carbocycles. The zero-order chi connectivity index (χ0) is 16.1. The number of carbonyl (C=O) groups excluding carboxylic acids is 2. The number of imide groups is 1. The molecule has 0 saturated heterocycles. The van der Waals surface area contributed by atoms with Crippen LogP contribution >= 0.6 is 0 Å². The molecule has 2 amide bonds. The van der Waals surface area contributed by atoms with Crippen LogP contribution < -0.4 is 0 Å². The molecule has 2 aromatic rings. The average molecular weight is 303 g/mol. The Labute approximate surface area is 135 Å². The molecule has 0 fully saturated rings. The maximum atomic E-state index is 12.2. The number of hydrogen-bond acceptors (Lipinski definition) is 2. The second-order valence-corrected chi connectivity index (χ2v) is 5.29. The molecule has 0 aromatic heterocycles. The lowest BCUT2D eigenvalue weighted by molar-refractivity contribution is 0.0657. The summed E-state index contributed by atoms with van der Waals surface area (Å²) in [4.78, 5) is 25.7. The summed E-state index contributed by atoms with van der Waals surface area (Å²) >= 11 is 0. The largest absolute Gasteiger partial charge is 0.274 e. The first kappa shape index (κ1) is 15.0. The van der Waals surface area contributed by atoms with Crippen molar-refractivity contribution in [3.8, 4) is 0 Å². The van der Waals surface area contributed by atoms with E-state index in [-0.39, 0.29) is 11.8 Å². The highest BCUT2D eigenvalue weighted by atomic mass is 16.2. The van der Waals surface area contributed by atoms with Crippen LogP contribution in [0.1, 0.15) is 32.7 Å². The normalized spacial score (nSPS) is 14.2. The van der Waals surface area contributed by atoms with Crippen molar-refractivity contribution in [3.63, 3.8) is 0 Å². The molecule has 0 atom stereocenters. The first-order chi connectivity index (χ1) is 11.3. The summed E-state index contributed by atoms with van der Waals surface area (Å²) in [6.45, 7) is 0.405. The summed E-state index contributed by atoms with van der Waals surface area (Å²) < 4.78 is 0. The van der Waals surface area contributed by atoms with Crippen LogP contribution in [0.25, 0.3) is 6.08 Å². The summed E-state index contributed by atoms with van der Waals surface area (Å²) in [6.07, 6.45) is 8.51. The van der Waals surface area contributed by atoms with Gasteiger partial charge in [0.05, 0.1) is 11.1 Å². The van der Waals surface area contributed by atoms with E-state index in [1.54, 1.807) is 24.3 Å². The van der Waals surface area contributed by atoms with Crippen molar-refractivity contribution in [2.75, 3.05) is 6.54 Å². The van der Waals surface area contributed by atoms with Crippen molar-refractivity contribution < 1.29 is 9.59 Å². The third-order valence-corrected chi connectivity index (χ3v) is 3.73. The molecule has 0 saturated carbocycles. The van der Waals surface area contributed by atoms with Gasteiger partial charge in [-0.1, -0.05) is 66.8 Å². The van der Waals surface area contributed by atoms with Gasteiger partial charge in [0.15, 0.2) is 0 Å². The first-order valence-electron chi connectivity index (χ1n) is 7.61. The lowest BCUT2D eigenvalue weighted by atomic mass is 10.1. The van der Waals surface area contributed by atoms with Crippen LogP contribution in [-0.4, -0.2) is 23.3 Å². The van der Waals surface area contributed by atoms with Gasteiger partial charge in [-0.05, 0) is 24.1 Å². The molecule has 0 radical (unpaired) electrons. The summed E-state index contributed by atoms with van der Waals surface area (Å²) in [6, 6.07) is 17.0. The van der Waals surface area contributed by atoms with Gasteiger partial charge in [-0.2, -0.15) is 0 Å². The van der Waals surface area contributed by atoms with Gasteiger partial charge in [0.25, 0.3) is 11.8 Å². The number of allylic oxidation sites excluding steroid dienone is 2. The van der Waals surface area contributed by atoms with Gasteiger partial charge in [0.2, 0.25) is 0 Å². The van der Waals surface area contributed by atoms with Crippen molar-refractivity contribution in [2.24, 2.45) is 0 Å². The minimum absolute atomic E-state index is 0.196. The van der Waals surface area contributed by atoms with Crippen LogP contribution in [0, 0.1) is 0 Å². The van der Waals surface area contributed by atoms with Gasteiger partial charge >= 0.3 is 0 Å². The fraction of sp³-hybridized carbons (Fsp3) is 0.100. The molecule has 3 nitrogen and oxygen atoms in total. The molecule has 0 unspecified atom stereocenters. The predicted molar refractivity (Wildman–Crippen MR) is 91.0 cm³/mol. The SMILES string of the molecule is O=C1c2ccccc2C(=O)N1CC/C=C/C=C/c1ccccc1. The Morgan fingerprint density at radius 3 is 2.04 bits per heavy atom. The lowest BCUT2D eigenvalue weighted by Gasteiger charge is -2.11. The molecule has 1 aliphatic rings. The van der Waals surface area contributed by atoms with E-state index in [0.29, 0.717) is 24.1 Å². The Hall–Kier alpha value is -2.94. The molecular weight excluding hydrogens is 286 g/mol. The molecule has 0 aliphatic carbocycles. The van der Waals surface area contributed by atoms with Crippen LogP contribution in [0.2, 0.25) is 0 Å². The van der Waals surface area contributed by atoms with E-state index in [1.807, 2.05) is 54.6 Å². The standard InChI is InChI=1S/C20H17NO2/c22-19-17-13-7-8-14-18(17)20(23)21(19)15-9-2-1-4-10-16-11-5-3-6-12-16/h1-8,10-14H,9,15H2/b2-1+,10-4+. The molecule has 0 spiro atoms. The quantitative estimate of drug-likeness (QED) is 0.619. The minimum Gasteiger partial charge on any atom is -0.274 e. The smallest absolute Gasteiger partial charge is 0.261 e. The highest BCUT2D eigenvalue weighted by molar-refractivity contribution is 6.21. The number of amides is 2. The molecule has 0 bridgehead atoms. The zero-order valence-corrected chi connectivity index (χ0v) is 12.7. The Bertz CT molecular complexity index is 740. The van der Waals surface area contributed by atoms with Crippen LogP contribution in [0.15, 0.2) is 72.8 Å². The molecule has 23 heavy (non-hydrogen) atoms. The van der Waals surface area contributed by atoms with Crippen LogP contribution in [0.4, 0.5) is 0 Å². The van der Waals surface area contributed by atoms with E-state index in [9.17, 15) is 9.59 Å². The Morgan fingerprint density at radius 2 is 1.39 bits per heavy atom. The van der Waals surface area contributed by atoms with E-state index in [1.165, 1.54) is 4.90 Å². The second-order valence-electron chi connectivity index (χ2n) is 5.29. The molecular formula is C20H17NO2. The highest BCUT2D eigenvalue weighted by Crippen LogP contribution is 2.22. The number of rotatable bonds is 5. The van der Waals surface area contributed by atoms with Gasteiger partial charge in [0, 0.05) is 6.54 Å². The van der Waals surface area contributed by atoms with E-state index < -0.39 is 0 Å². The monoisotopic (exact) mass is 303 g/mol. The zero-order valence-electron chi connectivity index (χ0n) is 12.7. The molecule has 3 heteroatoms. The molecule has 3 rings (SSSR count). The van der Waals surface area contributed by atoms with E-state index in [2.05, 4.69) is 0 Å². The van der Waals surface area contributed by atoms with Crippen LogP contribution in [-0.2, 0) is 0 Å². The Balaban J connectivity index is 1.54. The number of nitrogens with zero attached hydrogens (tertiary/aromatic N) is 1. The van der Waals surface area contributed by atoms with E-state index in [4.69, 9.17) is 0 Å². The molecule has 1 aliphatic heterocycles. The maximum Gasteiger partial charge on any atom is 0.261 e. The highest BCUT2D eigenvalue weighted by Gasteiger charge is 2.34. The maximum absolute atomic E-state index is 12.2. The van der Waals surface area contributed by atoms with E-state index >= 15 is 0 Å². The van der Waals surface area contributed by atoms with Crippen molar-refractivity contribution in [3.05, 3.63) is 89.5 Å². The van der Waals surface area contributed by atoms with Gasteiger partial charge < -0.3 is 0 Å². The summed E-state index contributed by atoms with van der Waals surface area (Å²) in [5, 5.41) is 0. The first-order valence-corrected chi connectivity index (χ1v) is 7.61. The van der Waals surface area contributed by atoms with Gasteiger partial charge in [0.1, 0.15) is 0 Å². The van der Waals surface area contributed by atoms with Crippen LogP contribution in [0.3, 0.4) is 0 Å². The van der Waals surface area contributed by atoms with Gasteiger partial charge in [-0.15, -0.1) is 0 Å². The van der Waals surface area contributed by atoms with Crippen molar-refractivity contribution in [1.29, 1.82) is 0 Å². The fourth-order valence-corrected chi connectivity index (χ4v) is 2.55. The molecule has 0 N–H and O–H groups in total. The van der Waals surface area contributed by atoms with Crippen molar-refractivity contribution in [1.82, 2.24) is 4.90 Å². The third kappa shape index (κ3) is 3.29. The lowest BCUT2D eigenvalue weighted by Crippen LogP contribution is -2.30. The number of hydrogen-bond donors (Lipinski definition) is 0. The van der Waals surface area contributed by atoms with Crippen LogP contribution in [0.5, 0.6) is 0 Å². The fourth-order valence-electron chi connectivity index (χ4n) is 2.55. The van der Waals surface area contributed by atoms with Gasteiger partial charge in [-0.3, -0.25) is 14.5 Å². The Kier molecular flexibility index (Phi) is 4.48. The second kappa shape index (κ2) is 6.88. The van der Waals surface area contributed by atoms with E-state index in [0.717, 1.165) is 5.56 Å². The van der Waals surface area contributed by atoms with Gasteiger partial charge in [-0.25, -0.2) is 0 Å². The number of benzene rings is 2. The summed E-state index contributed by atoms with van der Waals surface area (Å²) in [5.41, 5.74) is 2.15. The van der Waals surface area contributed by atoms with Crippen molar-refractivity contribution in [2.45, 2.75) is 6.42 Å².